The molecule has 2 aliphatic rings. The van der Waals surface area contributed by atoms with Crippen LogP contribution in [0.4, 0.5) is 0 Å². The van der Waals surface area contributed by atoms with Crippen molar-refractivity contribution in [3.05, 3.63) is 0 Å². The van der Waals surface area contributed by atoms with Crippen LogP contribution in [0.15, 0.2) is 0 Å². The van der Waals surface area contributed by atoms with E-state index in [2.05, 4.69) is 4.90 Å². The van der Waals surface area contributed by atoms with Crippen molar-refractivity contribution in [1.82, 2.24) is 9.21 Å². The number of ether oxygens (including phenoxy) is 1. The van der Waals surface area contributed by atoms with Crippen LogP contribution >= 0.6 is 0 Å². The monoisotopic (exact) mass is 332 g/mol. The Morgan fingerprint density at radius 1 is 1.09 bits per heavy atom. The van der Waals surface area contributed by atoms with Crippen molar-refractivity contribution in [2.75, 3.05) is 52.2 Å². The number of nitrogens with zero attached hydrogens (tertiary/aromatic N) is 2. The number of rotatable bonds is 7. The highest BCUT2D eigenvalue weighted by Crippen LogP contribution is 2.24. The van der Waals surface area contributed by atoms with E-state index in [0.717, 1.165) is 51.6 Å². The van der Waals surface area contributed by atoms with Crippen molar-refractivity contribution in [2.24, 2.45) is 11.8 Å². The van der Waals surface area contributed by atoms with E-state index in [1.807, 2.05) is 6.92 Å². The van der Waals surface area contributed by atoms with Gasteiger partial charge in [0.15, 0.2) is 0 Å². The number of hydrogen-bond acceptors (Lipinski definition) is 4. The highest BCUT2D eigenvalue weighted by Gasteiger charge is 2.28. The molecule has 0 bridgehead atoms. The lowest BCUT2D eigenvalue weighted by Crippen LogP contribution is -2.45. The van der Waals surface area contributed by atoms with Crippen LogP contribution in [-0.4, -0.2) is 69.8 Å². The predicted molar refractivity (Wildman–Crippen MR) is 89.4 cm³/mol. The normalized spacial score (nSPS) is 26.4. The smallest absolute Gasteiger partial charge is 0.211 e. The van der Waals surface area contributed by atoms with E-state index in [4.69, 9.17) is 4.74 Å². The van der Waals surface area contributed by atoms with Gasteiger partial charge in [0, 0.05) is 32.8 Å². The van der Waals surface area contributed by atoms with Crippen LogP contribution in [0.1, 0.15) is 39.0 Å². The molecule has 0 radical (unpaired) electrons. The third kappa shape index (κ3) is 5.80. The van der Waals surface area contributed by atoms with Gasteiger partial charge in [-0.05, 0) is 64.0 Å². The van der Waals surface area contributed by atoms with Crippen molar-refractivity contribution < 1.29 is 13.2 Å². The molecule has 2 aliphatic heterocycles. The fourth-order valence-electron chi connectivity index (χ4n) is 3.69. The molecule has 0 aromatic rings. The number of sulfonamides is 1. The summed E-state index contributed by atoms with van der Waals surface area (Å²) in [6.07, 6.45) is 7.20. The maximum absolute atomic E-state index is 11.7. The Kier molecular flexibility index (Phi) is 7.12. The lowest BCUT2D eigenvalue weighted by molar-refractivity contribution is 0.0989. The predicted octanol–water partition coefficient (Wildman–Crippen LogP) is 1.80. The Morgan fingerprint density at radius 3 is 2.45 bits per heavy atom. The van der Waals surface area contributed by atoms with Crippen LogP contribution in [0.2, 0.25) is 0 Å². The molecule has 2 saturated heterocycles. The molecular formula is C16H32N2O3S. The van der Waals surface area contributed by atoms with Crippen molar-refractivity contribution in [3.63, 3.8) is 0 Å². The molecule has 0 saturated carbocycles. The molecule has 5 nitrogen and oxygen atoms in total. The molecule has 22 heavy (non-hydrogen) atoms. The zero-order chi connectivity index (χ0) is 16.0. The van der Waals surface area contributed by atoms with Gasteiger partial charge in [-0.1, -0.05) is 0 Å². The van der Waals surface area contributed by atoms with Crippen LogP contribution < -0.4 is 0 Å². The number of likely N-dealkylation sites (tertiary alicyclic amines) is 1. The van der Waals surface area contributed by atoms with Gasteiger partial charge < -0.3 is 9.64 Å². The van der Waals surface area contributed by atoms with Gasteiger partial charge in [0.05, 0.1) is 6.26 Å². The van der Waals surface area contributed by atoms with E-state index in [0.29, 0.717) is 19.0 Å². The summed E-state index contributed by atoms with van der Waals surface area (Å²) in [6.45, 7) is 8.55. The molecule has 0 aliphatic carbocycles. The lowest BCUT2D eigenvalue weighted by Gasteiger charge is -2.37. The van der Waals surface area contributed by atoms with E-state index >= 15 is 0 Å². The quantitative estimate of drug-likeness (QED) is 0.667. The fraction of sp³-hybridized carbons (Fsp3) is 1.00. The number of hydrogen-bond donors (Lipinski definition) is 0. The highest BCUT2D eigenvalue weighted by atomic mass is 32.2. The Balaban J connectivity index is 1.69. The van der Waals surface area contributed by atoms with Gasteiger partial charge in [-0.15, -0.1) is 0 Å². The zero-order valence-electron chi connectivity index (χ0n) is 14.2. The Labute approximate surface area is 136 Å². The van der Waals surface area contributed by atoms with Gasteiger partial charge in [0.2, 0.25) is 10.0 Å². The highest BCUT2D eigenvalue weighted by molar-refractivity contribution is 7.88. The Morgan fingerprint density at radius 2 is 1.82 bits per heavy atom. The fourth-order valence-corrected chi connectivity index (χ4v) is 4.64. The molecule has 0 N–H and O–H groups in total. The van der Waals surface area contributed by atoms with Crippen molar-refractivity contribution in [2.45, 2.75) is 39.0 Å². The van der Waals surface area contributed by atoms with Crippen LogP contribution in [0, 0.1) is 11.8 Å². The van der Waals surface area contributed by atoms with Gasteiger partial charge in [0.1, 0.15) is 0 Å². The van der Waals surface area contributed by atoms with Gasteiger partial charge in [0.25, 0.3) is 0 Å². The van der Waals surface area contributed by atoms with Gasteiger partial charge in [-0.3, -0.25) is 0 Å². The summed E-state index contributed by atoms with van der Waals surface area (Å²) in [6, 6.07) is 0. The van der Waals surface area contributed by atoms with Crippen molar-refractivity contribution in [1.29, 1.82) is 0 Å². The summed E-state index contributed by atoms with van der Waals surface area (Å²) in [4.78, 5) is 2.54. The summed E-state index contributed by atoms with van der Waals surface area (Å²) in [5.74, 6) is 1.31. The summed E-state index contributed by atoms with van der Waals surface area (Å²) >= 11 is 0. The first-order chi connectivity index (χ1) is 10.5. The summed E-state index contributed by atoms with van der Waals surface area (Å²) < 4.78 is 30.5. The third-order valence-electron chi connectivity index (χ3n) is 5.05. The first-order valence-electron chi connectivity index (χ1n) is 8.74. The summed E-state index contributed by atoms with van der Waals surface area (Å²) in [5, 5.41) is 0. The molecule has 0 amide bonds. The molecule has 1 atom stereocenters. The Hall–Kier alpha value is -0.170. The van der Waals surface area contributed by atoms with Gasteiger partial charge in [-0.25, -0.2) is 12.7 Å². The average Bonchev–Trinajstić information content (AvgIpc) is 2.49. The molecule has 2 fully saturated rings. The molecule has 0 aromatic carbocycles. The van der Waals surface area contributed by atoms with Gasteiger partial charge in [-0.2, -0.15) is 0 Å². The van der Waals surface area contributed by atoms with Crippen LogP contribution in [0.25, 0.3) is 0 Å². The maximum Gasteiger partial charge on any atom is 0.211 e. The molecular weight excluding hydrogens is 300 g/mol. The third-order valence-corrected chi connectivity index (χ3v) is 6.32. The second kappa shape index (κ2) is 8.62. The standard InChI is InChI=1S/C16H32N2O3S/c1-3-21-12-8-15-6-10-17(11-7-15)13-16-5-4-9-18(14-16)22(2,19)20/h15-16H,3-14H2,1-2H3. The minimum Gasteiger partial charge on any atom is -0.382 e. The van der Waals surface area contributed by atoms with Crippen LogP contribution in [-0.2, 0) is 14.8 Å². The molecule has 6 heteroatoms. The van der Waals surface area contributed by atoms with Crippen molar-refractivity contribution >= 4 is 10.0 Å². The maximum atomic E-state index is 11.7. The summed E-state index contributed by atoms with van der Waals surface area (Å²) in [7, 11) is -3.02. The van der Waals surface area contributed by atoms with E-state index < -0.39 is 10.0 Å². The minimum absolute atomic E-state index is 0.503. The Bertz CT molecular complexity index is 419. The summed E-state index contributed by atoms with van der Waals surface area (Å²) in [5.41, 5.74) is 0. The van der Waals surface area contributed by atoms with E-state index in [9.17, 15) is 8.42 Å². The second-order valence-electron chi connectivity index (χ2n) is 6.86. The van der Waals surface area contributed by atoms with E-state index in [1.165, 1.54) is 25.5 Å². The molecule has 0 spiro atoms. The average molecular weight is 333 g/mol. The molecule has 1 unspecified atom stereocenters. The molecule has 0 aromatic heterocycles. The van der Waals surface area contributed by atoms with E-state index in [-0.39, 0.29) is 0 Å². The molecule has 2 heterocycles. The second-order valence-corrected chi connectivity index (χ2v) is 8.84. The van der Waals surface area contributed by atoms with Crippen molar-refractivity contribution in [3.8, 4) is 0 Å². The van der Waals surface area contributed by atoms with Gasteiger partial charge >= 0.3 is 0 Å². The SMILES string of the molecule is CCOCCC1CCN(CC2CCCN(S(C)(=O)=O)C2)CC1. The molecule has 2 rings (SSSR count). The molecule has 130 valence electrons. The van der Waals surface area contributed by atoms with Crippen LogP contribution in [0.5, 0.6) is 0 Å². The first-order valence-corrected chi connectivity index (χ1v) is 10.6. The topological polar surface area (TPSA) is 49.9 Å². The first kappa shape index (κ1) is 18.2. The largest absolute Gasteiger partial charge is 0.382 e. The lowest BCUT2D eigenvalue weighted by atomic mass is 9.92. The van der Waals surface area contributed by atoms with E-state index in [1.54, 1.807) is 4.31 Å². The van der Waals surface area contributed by atoms with Crippen LogP contribution in [0.3, 0.4) is 0 Å². The number of piperidine rings is 2. The minimum atomic E-state index is -3.02. The zero-order valence-corrected chi connectivity index (χ0v) is 15.0.